The molecule has 4 aliphatic rings. The Kier molecular flexibility index (Phi) is 5.81. The van der Waals surface area contributed by atoms with E-state index in [-0.39, 0.29) is 29.6 Å². The third-order valence-electron chi connectivity index (χ3n) is 7.66. The van der Waals surface area contributed by atoms with Gasteiger partial charge in [-0.25, -0.2) is 8.42 Å². The normalized spacial score (nSPS) is 21.9. The van der Waals surface area contributed by atoms with E-state index in [1.807, 2.05) is 6.07 Å². The number of hydrogen-bond acceptors (Lipinski definition) is 5. The first-order chi connectivity index (χ1) is 17.3. The molecule has 8 nitrogen and oxygen atoms in total. The van der Waals surface area contributed by atoms with Gasteiger partial charge in [-0.2, -0.15) is 4.31 Å². The van der Waals surface area contributed by atoms with Gasteiger partial charge in [0.05, 0.1) is 23.6 Å². The van der Waals surface area contributed by atoms with E-state index in [2.05, 4.69) is 41.1 Å². The topological polar surface area (TPSA) is 85.9 Å². The Balaban J connectivity index is 1.32. The molecule has 2 unspecified atom stereocenters. The molecule has 36 heavy (non-hydrogen) atoms. The number of fused-ring (bicyclic) bond motifs is 3. The van der Waals surface area contributed by atoms with Crippen LogP contribution in [0.3, 0.4) is 0 Å². The van der Waals surface area contributed by atoms with Crippen LogP contribution in [0.25, 0.3) is 22.2 Å². The highest BCUT2D eigenvalue weighted by molar-refractivity contribution is 7.89. The van der Waals surface area contributed by atoms with Crippen LogP contribution in [0.4, 0.5) is 5.69 Å². The third-order valence-corrected chi connectivity index (χ3v) is 9.46. The number of H-pyrrole nitrogens is 1. The summed E-state index contributed by atoms with van der Waals surface area (Å²) in [6.07, 6.45) is 3.42. The first kappa shape index (κ1) is 23.5. The van der Waals surface area contributed by atoms with E-state index in [0.717, 1.165) is 65.8 Å². The van der Waals surface area contributed by atoms with Crippen LogP contribution in [0.1, 0.15) is 24.8 Å². The summed E-state index contributed by atoms with van der Waals surface area (Å²) in [5.74, 6) is -0.182. The van der Waals surface area contributed by atoms with Crippen molar-refractivity contribution >= 4 is 32.5 Å². The molecule has 4 fully saturated rings. The molecule has 4 saturated heterocycles. The zero-order valence-electron chi connectivity index (χ0n) is 20.7. The second-order valence-electron chi connectivity index (χ2n) is 10.3. The number of hydrogen-bond donors (Lipinski definition) is 1. The van der Waals surface area contributed by atoms with Gasteiger partial charge < -0.3 is 19.5 Å². The highest BCUT2D eigenvalue weighted by atomic mass is 32.2. The summed E-state index contributed by atoms with van der Waals surface area (Å²) in [4.78, 5) is 20.6. The molecule has 1 N–H and O–H groups in total. The lowest BCUT2D eigenvalue weighted by Gasteiger charge is -2.47. The maximum atomic E-state index is 13.6. The first-order valence-electron chi connectivity index (χ1n) is 12.7. The van der Waals surface area contributed by atoms with Crippen molar-refractivity contribution < 1.29 is 17.9 Å². The SMILES string of the molecule is Cc1ccc2cc(-c3cc(S(=O)(=O)N(C)CC(=O)N4CC5CC(C4)O5)ccc3N3CCCC3)[nH]c2c1. The van der Waals surface area contributed by atoms with Crippen LogP contribution in [0.2, 0.25) is 0 Å². The van der Waals surface area contributed by atoms with E-state index >= 15 is 0 Å². The van der Waals surface area contributed by atoms with Crippen molar-refractivity contribution in [3.63, 3.8) is 0 Å². The van der Waals surface area contributed by atoms with E-state index in [9.17, 15) is 13.2 Å². The van der Waals surface area contributed by atoms with E-state index < -0.39 is 10.0 Å². The Morgan fingerprint density at radius 2 is 1.81 bits per heavy atom. The van der Waals surface area contributed by atoms with Crippen molar-refractivity contribution in [2.75, 3.05) is 44.7 Å². The average Bonchev–Trinajstić information content (AvgIpc) is 3.53. The lowest BCUT2D eigenvalue weighted by Crippen LogP contribution is -2.60. The van der Waals surface area contributed by atoms with Crippen LogP contribution in [0, 0.1) is 6.92 Å². The van der Waals surface area contributed by atoms with E-state index in [1.54, 1.807) is 17.0 Å². The van der Waals surface area contributed by atoms with Gasteiger partial charge in [-0.3, -0.25) is 4.79 Å². The van der Waals surface area contributed by atoms with Crippen LogP contribution < -0.4 is 4.90 Å². The van der Waals surface area contributed by atoms with Crippen LogP contribution in [-0.2, 0) is 19.6 Å². The summed E-state index contributed by atoms with van der Waals surface area (Å²) in [5.41, 5.74) is 4.97. The highest BCUT2D eigenvalue weighted by Gasteiger charge is 2.40. The summed E-state index contributed by atoms with van der Waals surface area (Å²) in [6.45, 7) is 4.86. The molecule has 7 rings (SSSR count). The Morgan fingerprint density at radius 3 is 2.53 bits per heavy atom. The number of ether oxygens (including phenoxy) is 1. The van der Waals surface area contributed by atoms with Crippen molar-refractivity contribution in [2.24, 2.45) is 0 Å². The number of carbonyl (C=O) groups is 1. The lowest BCUT2D eigenvalue weighted by molar-refractivity contribution is -0.187. The fourth-order valence-corrected chi connectivity index (χ4v) is 6.77. The number of piperidine rings is 1. The molecule has 3 aromatic rings. The molecule has 190 valence electrons. The number of nitrogens with one attached hydrogen (secondary N) is 1. The van der Waals surface area contributed by atoms with Gasteiger partial charge in [0, 0.05) is 67.5 Å². The summed E-state index contributed by atoms with van der Waals surface area (Å²) in [6, 6.07) is 13.7. The van der Waals surface area contributed by atoms with Crippen molar-refractivity contribution in [2.45, 2.75) is 43.3 Å². The molecular weight excluding hydrogens is 476 g/mol. The average molecular weight is 509 g/mol. The standard InChI is InChI=1S/C27H32N4O4S/c1-18-5-6-19-12-25(28-24(19)11-18)23-14-22(7-8-26(23)30-9-3-4-10-30)36(33,34)29(2)17-27(32)31-15-20-13-21(16-31)35-20/h5-8,11-12,14,20-21,28H,3-4,9-10,13,15-17H2,1-2H3. The van der Waals surface area contributed by atoms with Crippen molar-refractivity contribution in [3.8, 4) is 11.3 Å². The number of rotatable bonds is 6. The summed E-state index contributed by atoms with van der Waals surface area (Å²) in [5, 5.41) is 1.09. The monoisotopic (exact) mass is 508 g/mol. The van der Waals surface area contributed by atoms with Crippen LogP contribution in [-0.4, -0.2) is 80.5 Å². The molecule has 9 heteroatoms. The zero-order chi connectivity index (χ0) is 25.0. The fraction of sp³-hybridized carbons (Fsp3) is 0.444. The van der Waals surface area contributed by atoms with Gasteiger partial charge in [-0.1, -0.05) is 12.1 Å². The van der Waals surface area contributed by atoms with Gasteiger partial charge in [-0.15, -0.1) is 0 Å². The summed E-state index contributed by atoms with van der Waals surface area (Å²) in [7, 11) is -2.38. The van der Waals surface area contributed by atoms with Gasteiger partial charge in [0.2, 0.25) is 15.9 Å². The maximum Gasteiger partial charge on any atom is 0.243 e. The predicted molar refractivity (Wildman–Crippen MR) is 140 cm³/mol. The number of aromatic nitrogens is 1. The Hall–Kier alpha value is -2.88. The largest absolute Gasteiger partial charge is 0.371 e. The van der Waals surface area contributed by atoms with Crippen molar-refractivity contribution in [1.29, 1.82) is 0 Å². The molecule has 2 bridgehead atoms. The second kappa shape index (κ2) is 8.90. The Bertz CT molecular complexity index is 1410. The number of amides is 1. The first-order valence-corrected chi connectivity index (χ1v) is 14.1. The molecule has 4 aliphatic heterocycles. The van der Waals surface area contributed by atoms with Crippen LogP contribution >= 0.6 is 0 Å². The number of anilines is 1. The summed E-state index contributed by atoms with van der Waals surface area (Å²) >= 11 is 0. The molecule has 1 aromatic heterocycles. The predicted octanol–water partition coefficient (Wildman–Crippen LogP) is 3.36. The molecule has 0 saturated carbocycles. The summed E-state index contributed by atoms with van der Waals surface area (Å²) < 4.78 is 33.9. The van der Waals surface area contributed by atoms with Gasteiger partial charge in [0.15, 0.2) is 0 Å². The number of aryl methyl sites for hydroxylation is 1. The fourth-order valence-electron chi connectivity index (χ4n) is 5.63. The van der Waals surface area contributed by atoms with Gasteiger partial charge in [-0.05, 0) is 55.7 Å². The number of likely N-dealkylation sites (N-methyl/N-ethyl adjacent to an activating group) is 1. The minimum atomic E-state index is -3.86. The zero-order valence-corrected chi connectivity index (χ0v) is 21.6. The number of sulfonamides is 1. The van der Waals surface area contributed by atoms with Gasteiger partial charge in [0.1, 0.15) is 0 Å². The van der Waals surface area contributed by atoms with Crippen LogP contribution in [0.15, 0.2) is 47.4 Å². The Labute approximate surface area is 211 Å². The number of aromatic amines is 1. The van der Waals surface area contributed by atoms with Crippen molar-refractivity contribution in [3.05, 3.63) is 48.0 Å². The molecular formula is C27H32N4O4S. The maximum absolute atomic E-state index is 13.6. The molecule has 0 aliphatic carbocycles. The minimum Gasteiger partial charge on any atom is -0.371 e. The van der Waals surface area contributed by atoms with Gasteiger partial charge in [0.25, 0.3) is 0 Å². The molecule has 0 spiro atoms. The van der Waals surface area contributed by atoms with Crippen molar-refractivity contribution in [1.82, 2.24) is 14.2 Å². The second-order valence-corrected chi connectivity index (χ2v) is 12.4. The molecule has 5 heterocycles. The lowest BCUT2D eigenvalue weighted by atomic mass is 9.99. The smallest absolute Gasteiger partial charge is 0.243 e. The van der Waals surface area contributed by atoms with Crippen LogP contribution in [0.5, 0.6) is 0 Å². The van der Waals surface area contributed by atoms with Gasteiger partial charge >= 0.3 is 0 Å². The molecule has 2 atom stereocenters. The highest BCUT2D eigenvalue weighted by Crippen LogP contribution is 2.37. The number of carbonyl (C=O) groups excluding carboxylic acids is 1. The third kappa shape index (κ3) is 4.19. The minimum absolute atomic E-state index is 0.0930. The van der Waals surface area contributed by atoms with E-state index in [4.69, 9.17) is 4.74 Å². The number of morpholine rings is 1. The molecule has 0 radical (unpaired) electrons. The molecule has 2 aromatic carbocycles. The Morgan fingerprint density at radius 1 is 1.08 bits per heavy atom. The number of benzene rings is 2. The van der Waals surface area contributed by atoms with E-state index in [0.29, 0.717) is 13.1 Å². The quantitative estimate of drug-likeness (QED) is 0.552. The van der Waals surface area contributed by atoms with E-state index in [1.165, 1.54) is 11.4 Å². The number of nitrogens with zero attached hydrogens (tertiary/aromatic N) is 3. The molecule has 1 amide bonds.